The van der Waals surface area contributed by atoms with Crippen molar-refractivity contribution in [3.63, 3.8) is 0 Å². The van der Waals surface area contributed by atoms with Crippen LogP contribution in [0.4, 0.5) is 5.69 Å². The third-order valence-corrected chi connectivity index (χ3v) is 4.35. The van der Waals surface area contributed by atoms with E-state index in [1.165, 1.54) is 6.92 Å². The number of likely N-dealkylation sites (tertiary alicyclic amines) is 1. The van der Waals surface area contributed by atoms with Crippen molar-refractivity contribution < 1.29 is 24.3 Å². The number of rotatable bonds is 6. The van der Waals surface area contributed by atoms with Crippen LogP contribution in [0.3, 0.4) is 0 Å². The minimum absolute atomic E-state index is 0.0288. The van der Waals surface area contributed by atoms with Crippen LogP contribution < -0.4 is 10.6 Å². The zero-order valence-corrected chi connectivity index (χ0v) is 14.7. The van der Waals surface area contributed by atoms with Crippen LogP contribution >= 0.6 is 0 Å². The van der Waals surface area contributed by atoms with Gasteiger partial charge in [0.05, 0.1) is 6.42 Å². The number of nitrogens with one attached hydrogen (secondary N) is 2. The third kappa shape index (κ3) is 5.58. The molecule has 26 heavy (non-hydrogen) atoms. The number of carbonyl (C=O) groups is 4. The number of piperidine rings is 1. The molecule has 0 atom stereocenters. The Bertz CT molecular complexity index is 679. The summed E-state index contributed by atoms with van der Waals surface area (Å²) in [5, 5.41) is 13.9. The molecule has 3 amide bonds. The van der Waals surface area contributed by atoms with Crippen molar-refractivity contribution in [1.29, 1.82) is 0 Å². The van der Waals surface area contributed by atoms with E-state index in [-0.39, 0.29) is 36.6 Å². The van der Waals surface area contributed by atoms with Crippen molar-refractivity contribution in [2.45, 2.75) is 26.2 Å². The molecule has 0 aromatic heterocycles. The predicted octanol–water partition coefficient (Wildman–Crippen LogP) is 1.09. The van der Waals surface area contributed by atoms with E-state index >= 15 is 0 Å². The van der Waals surface area contributed by atoms with Gasteiger partial charge in [0.2, 0.25) is 11.8 Å². The van der Waals surface area contributed by atoms with E-state index in [0.717, 1.165) is 0 Å². The molecule has 0 bridgehead atoms. The molecule has 1 aromatic rings. The van der Waals surface area contributed by atoms with Crippen molar-refractivity contribution in [3.05, 3.63) is 29.8 Å². The van der Waals surface area contributed by atoms with E-state index in [2.05, 4.69) is 10.6 Å². The van der Waals surface area contributed by atoms with E-state index < -0.39 is 5.97 Å². The van der Waals surface area contributed by atoms with Crippen molar-refractivity contribution in [1.82, 2.24) is 10.2 Å². The van der Waals surface area contributed by atoms with Crippen LogP contribution in [-0.2, 0) is 14.4 Å². The van der Waals surface area contributed by atoms with Crippen molar-refractivity contribution in [2.24, 2.45) is 5.92 Å². The number of carboxylic acid groups (broad SMARTS) is 1. The van der Waals surface area contributed by atoms with Crippen molar-refractivity contribution in [2.75, 3.05) is 25.0 Å². The molecule has 1 aliphatic rings. The Morgan fingerprint density at radius 2 is 1.73 bits per heavy atom. The molecule has 8 heteroatoms. The monoisotopic (exact) mass is 361 g/mol. The van der Waals surface area contributed by atoms with Gasteiger partial charge in [0.1, 0.15) is 0 Å². The number of hydrogen-bond donors (Lipinski definition) is 3. The molecule has 1 aromatic carbocycles. The summed E-state index contributed by atoms with van der Waals surface area (Å²) in [5.41, 5.74) is 0.981. The zero-order chi connectivity index (χ0) is 19.1. The second kappa shape index (κ2) is 8.98. The van der Waals surface area contributed by atoms with Gasteiger partial charge in [-0.2, -0.15) is 0 Å². The molecule has 1 fully saturated rings. The van der Waals surface area contributed by atoms with Crippen LogP contribution in [0.15, 0.2) is 24.3 Å². The Balaban J connectivity index is 1.83. The summed E-state index contributed by atoms with van der Waals surface area (Å²) in [6.45, 7) is 2.76. The van der Waals surface area contributed by atoms with Gasteiger partial charge >= 0.3 is 5.97 Å². The third-order valence-electron chi connectivity index (χ3n) is 4.35. The second-order valence-electron chi connectivity index (χ2n) is 6.25. The van der Waals surface area contributed by atoms with Gasteiger partial charge in [0, 0.05) is 43.7 Å². The lowest BCUT2D eigenvalue weighted by atomic mass is 9.96. The summed E-state index contributed by atoms with van der Waals surface area (Å²) in [7, 11) is 0. The number of carbonyl (C=O) groups excluding carboxylic acids is 3. The fourth-order valence-electron chi connectivity index (χ4n) is 2.79. The van der Waals surface area contributed by atoms with E-state index in [4.69, 9.17) is 5.11 Å². The number of hydrogen-bond acceptors (Lipinski definition) is 4. The molecule has 8 nitrogen and oxygen atoms in total. The number of aliphatic carboxylic acids is 1. The highest BCUT2D eigenvalue weighted by Crippen LogP contribution is 2.20. The summed E-state index contributed by atoms with van der Waals surface area (Å²) in [4.78, 5) is 47.7. The van der Waals surface area contributed by atoms with Gasteiger partial charge in [-0.1, -0.05) is 0 Å². The Morgan fingerprint density at radius 3 is 2.27 bits per heavy atom. The summed E-state index contributed by atoms with van der Waals surface area (Å²) >= 11 is 0. The molecule has 0 spiro atoms. The first kappa shape index (κ1) is 19.4. The average Bonchev–Trinajstić information content (AvgIpc) is 2.62. The molecule has 0 unspecified atom stereocenters. The van der Waals surface area contributed by atoms with Gasteiger partial charge < -0.3 is 20.6 Å². The van der Waals surface area contributed by atoms with Crippen LogP contribution in [0.1, 0.15) is 36.5 Å². The van der Waals surface area contributed by atoms with Gasteiger partial charge in [-0.15, -0.1) is 0 Å². The molecule has 140 valence electrons. The van der Waals surface area contributed by atoms with Crippen LogP contribution in [0, 0.1) is 5.92 Å². The quantitative estimate of drug-likeness (QED) is 0.701. The maximum atomic E-state index is 12.3. The lowest BCUT2D eigenvalue weighted by molar-refractivity contribution is -0.136. The molecule has 0 saturated carbocycles. The molecule has 1 saturated heterocycles. The summed E-state index contributed by atoms with van der Waals surface area (Å²) < 4.78 is 0. The van der Waals surface area contributed by atoms with Gasteiger partial charge in [-0.25, -0.2) is 0 Å². The largest absolute Gasteiger partial charge is 0.481 e. The lowest BCUT2D eigenvalue weighted by Crippen LogP contribution is -2.40. The summed E-state index contributed by atoms with van der Waals surface area (Å²) in [5.74, 6) is -1.53. The molecule has 0 aliphatic carbocycles. The number of nitrogens with zero attached hydrogens (tertiary/aromatic N) is 1. The molecule has 0 radical (unpaired) electrons. The van der Waals surface area contributed by atoms with Gasteiger partial charge in [-0.3, -0.25) is 19.2 Å². The number of anilines is 1. The van der Waals surface area contributed by atoms with Crippen molar-refractivity contribution >= 4 is 29.4 Å². The average molecular weight is 361 g/mol. The van der Waals surface area contributed by atoms with Crippen LogP contribution in [0.25, 0.3) is 0 Å². The van der Waals surface area contributed by atoms with Gasteiger partial charge in [-0.05, 0) is 37.1 Å². The summed E-state index contributed by atoms with van der Waals surface area (Å²) in [6.07, 6.45) is 1.13. The molecular formula is C18H23N3O5. The molecule has 3 N–H and O–H groups in total. The fraction of sp³-hybridized carbons (Fsp3) is 0.444. The standard InChI is InChI=1S/C18H23N3O5/c1-12(22)21-10-7-14(8-11-21)18(26)20-15-4-2-13(3-5-15)17(25)19-9-6-16(23)24/h2-5,14H,6-11H2,1H3,(H,19,25)(H,20,26)(H,23,24). The molecular weight excluding hydrogens is 338 g/mol. The van der Waals surface area contributed by atoms with E-state index in [1.807, 2.05) is 0 Å². The van der Waals surface area contributed by atoms with Gasteiger partial charge in [0.25, 0.3) is 5.91 Å². The number of amides is 3. The highest BCUT2D eigenvalue weighted by atomic mass is 16.4. The van der Waals surface area contributed by atoms with Crippen molar-refractivity contribution in [3.8, 4) is 0 Å². The zero-order valence-electron chi connectivity index (χ0n) is 14.7. The Hall–Kier alpha value is -2.90. The minimum atomic E-state index is -0.975. The first-order valence-electron chi connectivity index (χ1n) is 8.53. The van der Waals surface area contributed by atoms with Crippen LogP contribution in [0.5, 0.6) is 0 Å². The Labute approximate surface area is 151 Å². The van der Waals surface area contributed by atoms with E-state index in [1.54, 1.807) is 29.2 Å². The maximum absolute atomic E-state index is 12.3. The highest BCUT2D eigenvalue weighted by molar-refractivity contribution is 5.96. The van der Waals surface area contributed by atoms with Crippen LogP contribution in [0.2, 0.25) is 0 Å². The minimum Gasteiger partial charge on any atom is -0.481 e. The molecule has 1 aliphatic heterocycles. The molecule has 2 rings (SSSR count). The van der Waals surface area contributed by atoms with Crippen LogP contribution in [-0.4, -0.2) is 53.3 Å². The normalized spacial score (nSPS) is 14.6. The first-order chi connectivity index (χ1) is 12.4. The number of benzene rings is 1. The number of carboxylic acids is 1. The maximum Gasteiger partial charge on any atom is 0.305 e. The smallest absolute Gasteiger partial charge is 0.305 e. The highest BCUT2D eigenvalue weighted by Gasteiger charge is 2.26. The Kier molecular flexibility index (Phi) is 6.71. The molecule has 1 heterocycles. The fourth-order valence-corrected chi connectivity index (χ4v) is 2.79. The van der Waals surface area contributed by atoms with Gasteiger partial charge in [0.15, 0.2) is 0 Å². The lowest BCUT2D eigenvalue weighted by Gasteiger charge is -2.30. The second-order valence-corrected chi connectivity index (χ2v) is 6.25. The van der Waals surface area contributed by atoms with E-state index in [9.17, 15) is 19.2 Å². The Morgan fingerprint density at radius 1 is 1.12 bits per heavy atom. The topological polar surface area (TPSA) is 116 Å². The predicted molar refractivity (Wildman–Crippen MR) is 94.6 cm³/mol. The van der Waals surface area contributed by atoms with E-state index in [0.29, 0.717) is 37.2 Å². The first-order valence-corrected chi connectivity index (χ1v) is 8.53. The SMILES string of the molecule is CC(=O)N1CCC(C(=O)Nc2ccc(C(=O)NCCC(=O)O)cc2)CC1. The summed E-state index contributed by atoms with van der Waals surface area (Å²) in [6, 6.07) is 6.41.